The number of hydrogen-bond donors (Lipinski definition) is 0. The molecule has 33 heavy (non-hydrogen) atoms. The van der Waals surface area contributed by atoms with Gasteiger partial charge in [-0.1, -0.05) is 29.8 Å². The summed E-state index contributed by atoms with van der Waals surface area (Å²) in [5.74, 6) is 4.15. The van der Waals surface area contributed by atoms with Crippen LogP contribution in [-0.4, -0.2) is 34.7 Å². The number of halogens is 1. The van der Waals surface area contributed by atoms with Crippen LogP contribution in [0.1, 0.15) is 16.8 Å². The topological polar surface area (TPSA) is 85.5 Å². The van der Waals surface area contributed by atoms with E-state index in [1.165, 1.54) is 0 Å². The zero-order valence-electron chi connectivity index (χ0n) is 17.2. The zero-order chi connectivity index (χ0) is 22.2. The van der Waals surface area contributed by atoms with E-state index in [9.17, 15) is 0 Å². The van der Waals surface area contributed by atoms with Gasteiger partial charge in [0.15, 0.2) is 5.82 Å². The maximum absolute atomic E-state index is 6.03. The molecule has 0 bridgehead atoms. The summed E-state index contributed by atoms with van der Waals surface area (Å²) in [6, 6.07) is 16.4. The van der Waals surface area contributed by atoms with Gasteiger partial charge in [0.2, 0.25) is 5.95 Å². The number of rotatable bonds is 2. The lowest BCUT2D eigenvalue weighted by Gasteiger charge is -2.15. The highest BCUT2D eigenvalue weighted by Crippen LogP contribution is 2.27. The number of pyridine rings is 1. The molecule has 0 radical (unpaired) electrons. The Morgan fingerprint density at radius 3 is 2.73 bits per heavy atom. The van der Waals surface area contributed by atoms with Gasteiger partial charge < -0.3 is 4.90 Å². The van der Waals surface area contributed by atoms with Gasteiger partial charge in [-0.05, 0) is 41.3 Å². The molecule has 5 heterocycles. The maximum Gasteiger partial charge on any atom is 0.226 e. The first kappa shape index (κ1) is 19.3. The first-order chi connectivity index (χ1) is 16.2. The molecule has 0 fully saturated rings. The number of benzene rings is 1. The first-order valence-corrected chi connectivity index (χ1v) is 10.6. The van der Waals surface area contributed by atoms with Gasteiger partial charge in [-0.3, -0.25) is 0 Å². The molecular formula is C24H15ClN8. The van der Waals surface area contributed by atoms with Crippen molar-refractivity contribution in [2.24, 2.45) is 0 Å². The van der Waals surface area contributed by atoms with Crippen LogP contribution >= 0.6 is 11.6 Å². The minimum absolute atomic E-state index is 0.484. The van der Waals surface area contributed by atoms with Gasteiger partial charge in [-0.15, -0.1) is 0 Å². The Balaban J connectivity index is 1.28. The number of aromatic nitrogens is 7. The number of anilines is 1. The van der Waals surface area contributed by atoms with Crippen LogP contribution in [0.15, 0.2) is 67.3 Å². The predicted octanol–water partition coefficient (Wildman–Crippen LogP) is 3.71. The van der Waals surface area contributed by atoms with Crippen LogP contribution in [0.3, 0.4) is 0 Å². The Morgan fingerprint density at radius 2 is 1.76 bits per heavy atom. The van der Waals surface area contributed by atoms with Crippen molar-refractivity contribution in [1.82, 2.24) is 34.7 Å². The van der Waals surface area contributed by atoms with Crippen molar-refractivity contribution >= 4 is 28.5 Å². The van der Waals surface area contributed by atoms with Crippen LogP contribution in [0, 0.1) is 12.0 Å². The first-order valence-electron chi connectivity index (χ1n) is 10.2. The molecule has 9 heteroatoms. The van der Waals surface area contributed by atoms with E-state index in [1.807, 2.05) is 30.3 Å². The Morgan fingerprint density at radius 1 is 0.879 bits per heavy atom. The third-order valence-corrected chi connectivity index (χ3v) is 5.56. The van der Waals surface area contributed by atoms with E-state index in [2.05, 4.69) is 41.9 Å². The molecule has 0 saturated heterocycles. The molecule has 0 atom stereocenters. The van der Waals surface area contributed by atoms with E-state index in [4.69, 9.17) is 16.6 Å². The van der Waals surface area contributed by atoms with E-state index < -0.39 is 0 Å². The third kappa shape index (κ3) is 3.75. The Bertz CT molecular complexity index is 1570. The molecule has 0 amide bonds. The van der Waals surface area contributed by atoms with Crippen LogP contribution in [0.25, 0.3) is 22.4 Å². The van der Waals surface area contributed by atoms with Gasteiger partial charge in [-0.25, -0.2) is 24.9 Å². The lowest BCUT2D eigenvalue weighted by molar-refractivity contribution is 0.827. The molecule has 0 spiro atoms. The van der Waals surface area contributed by atoms with Gasteiger partial charge in [-0.2, -0.15) is 9.78 Å². The molecule has 0 saturated carbocycles. The summed E-state index contributed by atoms with van der Waals surface area (Å²) in [5.41, 5.74) is 4.40. The third-order valence-electron chi connectivity index (χ3n) is 5.35. The summed E-state index contributed by atoms with van der Waals surface area (Å²) in [6.45, 7) is 1.35. The summed E-state index contributed by atoms with van der Waals surface area (Å²) in [7, 11) is 0. The minimum Gasteiger partial charge on any atom is -0.332 e. The monoisotopic (exact) mass is 450 g/mol. The number of para-hydroxylation sites is 1. The lowest BCUT2D eigenvalue weighted by Crippen LogP contribution is -2.17. The molecule has 0 aliphatic carbocycles. The second kappa shape index (κ2) is 7.97. The maximum atomic E-state index is 6.03. The van der Waals surface area contributed by atoms with Crippen LogP contribution in [0.4, 0.5) is 5.95 Å². The van der Waals surface area contributed by atoms with E-state index in [1.54, 1.807) is 41.6 Å². The van der Waals surface area contributed by atoms with Crippen molar-refractivity contribution in [2.75, 3.05) is 4.90 Å². The van der Waals surface area contributed by atoms with Crippen molar-refractivity contribution in [2.45, 2.75) is 13.1 Å². The molecule has 158 valence electrons. The summed E-state index contributed by atoms with van der Waals surface area (Å²) < 4.78 is 1.64. The molecule has 8 nitrogen and oxygen atoms in total. The molecule has 0 unspecified atom stereocenters. The highest BCUT2D eigenvalue weighted by Gasteiger charge is 2.22. The molecule has 1 aliphatic rings. The van der Waals surface area contributed by atoms with Crippen LogP contribution in [0.2, 0.25) is 5.15 Å². The Hall–Kier alpha value is -4.35. The molecule has 6 rings (SSSR count). The van der Waals surface area contributed by atoms with E-state index in [0.29, 0.717) is 41.4 Å². The van der Waals surface area contributed by atoms with Crippen LogP contribution in [0.5, 0.6) is 0 Å². The number of fused-ring (bicyclic) bond motifs is 2. The van der Waals surface area contributed by atoms with Crippen LogP contribution < -0.4 is 4.90 Å². The Labute approximate surface area is 194 Å². The van der Waals surface area contributed by atoms with Gasteiger partial charge in [0.1, 0.15) is 16.5 Å². The highest BCUT2D eigenvalue weighted by atomic mass is 35.5. The van der Waals surface area contributed by atoms with Crippen molar-refractivity contribution in [3.05, 3.63) is 89.2 Å². The second-order valence-electron chi connectivity index (χ2n) is 7.49. The molecule has 4 aromatic heterocycles. The standard InChI is InChI=1S/C24H15ClN8/c25-22-11-17-14-32(15-18(17)12-28-22)24-27-9-6-20(31-24)23-26-8-5-19(30-23)7-10-33-21-4-2-1-3-16(21)13-29-33/h1-6,8-9,11-13H,14-15H2. The average Bonchev–Trinajstić information content (AvgIpc) is 3.47. The van der Waals surface area contributed by atoms with E-state index in [0.717, 1.165) is 22.0 Å². The van der Waals surface area contributed by atoms with Gasteiger partial charge in [0.25, 0.3) is 0 Å². The largest absolute Gasteiger partial charge is 0.332 e. The fraction of sp³-hybridized carbons (Fsp3) is 0.0833. The molecule has 1 aromatic carbocycles. The number of nitrogens with zero attached hydrogens (tertiary/aromatic N) is 8. The minimum atomic E-state index is 0.484. The fourth-order valence-electron chi connectivity index (χ4n) is 3.74. The predicted molar refractivity (Wildman–Crippen MR) is 124 cm³/mol. The van der Waals surface area contributed by atoms with Crippen molar-refractivity contribution < 1.29 is 0 Å². The van der Waals surface area contributed by atoms with E-state index in [-0.39, 0.29) is 0 Å². The summed E-state index contributed by atoms with van der Waals surface area (Å²) in [4.78, 5) is 24.3. The summed E-state index contributed by atoms with van der Waals surface area (Å²) in [5, 5.41) is 5.85. The van der Waals surface area contributed by atoms with Crippen LogP contribution in [-0.2, 0) is 13.1 Å². The lowest BCUT2D eigenvalue weighted by atomic mass is 10.2. The quantitative estimate of drug-likeness (QED) is 0.299. The van der Waals surface area contributed by atoms with Crippen molar-refractivity contribution in [3.8, 4) is 23.5 Å². The molecular weight excluding hydrogens is 436 g/mol. The van der Waals surface area contributed by atoms with E-state index >= 15 is 0 Å². The number of hydrogen-bond acceptors (Lipinski definition) is 7. The average molecular weight is 451 g/mol. The normalized spacial score (nSPS) is 12.5. The van der Waals surface area contributed by atoms with Gasteiger partial charge in [0, 0.05) is 43.1 Å². The van der Waals surface area contributed by atoms with Crippen molar-refractivity contribution in [1.29, 1.82) is 0 Å². The highest BCUT2D eigenvalue weighted by molar-refractivity contribution is 6.29. The fourth-order valence-corrected chi connectivity index (χ4v) is 3.92. The molecule has 1 aliphatic heterocycles. The Kier molecular flexibility index (Phi) is 4.67. The van der Waals surface area contributed by atoms with Crippen molar-refractivity contribution in [3.63, 3.8) is 0 Å². The summed E-state index contributed by atoms with van der Waals surface area (Å²) >= 11 is 6.03. The summed E-state index contributed by atoms with van der Waals surface area (Å²) in [6.07, 6.45) is 6.98. The SMILES string of the molecule is Clc1cc2c(cn1)CN(c1nccc(-c3nccc(C#Cn4ncc5ccccc54)n3)n1)C2. The smallest absolute Gasteiger partial charge is 0.226 e. The zero-order valence-corrected chi connectivity index (χ0v) is 18.0. The molecule has 0 N–H and O–H groups in total. The van der Waals surface area contributed by atoms with Gasteiger partial charge >= 0.3 is 0 Å². The second-order valence-corrected chi connectivity index (χ2v) is 7.88. The molecule has 5 aromatic rings. The van der Waals surface area contributed by atoms with Gasteiger partial charge in [0.05, 0.1) is 11.7 Å².